The molecule has 2 N–H and O–H groups in total. The molecular formula is C20H24N4O2. The van der Waals surface area contributed by atoms with Crippen molar-refractivity contribution in [3.8, 4) is 0 Å². The summed E-state index contributed by atoms with van der Waals surface area (Å²) in [6.45, 7) is 5.34. The zero-order valence-corrected chi connectivity index (χ0v) is 15.2. The zero-order valence-electron chi connectivity index (χ0n) is 15.2. The molecular weight excluding hydrogens is 328 g/mol. The summed E-state index contributed by atoms with van der Waals surface area (Å²) in [5, 5.41) is 5.91. The maximum Gasteiger partial charge on any atom is 0.255 e. The lowest BCUT2D eigenvalue weighted by molar-refractivity contribution is -0.114. The molecule has 2 heterocycles. The number of likely N-dealkylation sites (tertiary alicyclic amines) is 1. The molecule has 0 bridgehead atoms. The van der Waals surface area contributed by atoms with Gasteiger partial charge in [0.1, 0.15) is 5.82 Å². The Morgan fingerprint density at radius 3 is 2.27 bits per heavy atom. The van der Waals surface area contributed by atoms with E-state index in [0.29, 0.717) is 17.3 Å². The number of anilines is 3. The van der Waals surface area contributed by atoms with Crippen LogP contribution in [0.15, 0.2) is 42.6 Å². The van der Waals surface area contributed by atoms with Crippen LogP contribution in [0, 0.1) is 5.92 Å². The largest absolute Gasteiger partial charge is 0.340 e. The van der Waals surface area contributed by atoms with Crippen molar-refractivity contribution in [1.82, 2.24) is 9.88 Å². The summed E-state index contributed by atoms with van der Waals surface area (Å²) in [6, 6.07) is 11.0. The van der Waals surface area contributed by atoms with Gasteiger partial charge in [-0.2, -0.15) is 0 Å². The van der Waals surface area contributed by atoms with Gasteiger partial charge in [-0.3, -0.25) is 9.59 Å². The SMILES string of the molecule is CC(=O)Nc1ccc(Nc2ccc(C(=O)N3CCC(C)CC3)cn2)cc1. The van der Waals surface area contributed by atoms with Crippen molar-refractivity contribution in [1.29, 1.82) is 0 Å². The molecule has 1 aliphatic heterocycles. The van der Waals surface area contributed by atoms with Crippen LogP contribution in [0.3, 0.4) is 0 Å². The van der Waals surface area contributed by atoms with Gasteiger partial charge in [0.15, 0.2) is 0 Å². The molecule has 1 aliphatic rings. The third-order valence-electron chi connectivity index (χ3n) is 4.56. The number of benzene rings is 1. The maximum atomic E-state index is 12.5. The third-order valence-corrected chi connectivity index (χ3v) is 4.56. The second-order valence-electron chi connectivity index (χ2n) is 6.79. The molecule has 6 nitrogen and oxygen atoms in total. The number of rotatable bonds is 4. The lowest BCUT2D eigenvalue weighted by Crippen LogP contribution is -2.37. The summed E-state index contributed by atoms with van der Waals surface area (Å²) in [5.41, 5.74) is 2.22. The normalized spacial score (nSPS) is 14.8. The van der Waals surface area contributed by atoms with E-state index in [9.17, 15) is 9.59 Å². The molecule has 136 valence electrons. The van der Waals surface area contributed by atoms with E-state index < -0.39 is 0 Å². The molecule has 0 aliphatic carbocycles. The van der Waals surface area contributed by atoms with E-state index in [1.54, 1.807) is 12.3 Å². The fourth-order valence-corrected chi connectivity index (χ4v) is 2.98. The summed E-state index contributed by atoms with van der Waals surface area (Å²) in [7, 11) is 0. The molecule has 1 aromatic heterocycles. The van der Waals surface area contributed by atoms with Gasteiger partial charge in [-0.1, -0.05) is 6.92 Å². The van der Waals surface area contributed by atoms with Crippen LogP contribution >= 0.6 is 0 Å². The number of hydrogen-bond donors (Lipinski definition) is 2. The Balaban J connectivity index is 1.60. The van der Waals surface area contributed by atoms with E-state index in [1.165, 1.54) is 6.92 Å². The molecule has 3 rings (SSSR count). The van der Waals surface area contributed by atoms with Crippen LogP contribution in [-0.4, -0.2) is 34.8 Å². The van der Waals surface area contributed by atoms with Crippen molar-refractivity contribution in [2.24, 2.45) is 5.92 Å². The van der Waals surface area contributed by atoms with Gasteiger partial charge in [0.25, 0.3) is 5.91 Å². The van der Waals surface area contributed by atoms with Crippen LogP contribution in [0.5, 0.6) is 0 Å². The van der Waals surface area contributed by atoms with Gasteiger partial charge in [0, 0.05) is 37.6 Å². The summed E-state index contributed by atoms with van der Waals surface area (Å²) in [4.78, 5) is 29.8. The van der Waals surface area contributed by atoms with Crippen molar-refractivity contribution >= 4 is 29.0 Å². The summed E-state index contributed by atoms with van der Waals surface area (Å²) in [6.07, 6.45) is 3.74. The summed E-state index contributed by atoms with van der Waals surface area (Å²) in [5.74, 6) is 1.31. The quantitative estimate of drug-likeness (QED) is 0.881. The van der Waals surface area contributed by atoms with Crippen LogP contribution in [-0.2, 0) is 4.79 Å². The molecule has 0 atom stereocenters. The van der Waals surface area contributed by atoms with E-state index >= 15 is 0 Å². The molecule has 26 heavy (non-hydrogen) atoms. The van der Waals surface area contributed by atoms with E-state index in [2.05, 4.69) is 22.5 Å². The first-order valence-electron chi connectivity index (χ1n) is 8.91. The number of nitrogens with one attached hydrogen (secondary N) is 2. The molecule has 1 saturated heterocycles. The van der Waals surface area contributed by atoms with Gasteiger partial charge in [-0.25, -0.2) is 4.98 Å². The summed E-state index contributed by atoms with van der Waals surface area (Å²) >= 11 is 0. The number of piperidine rings is 1. The van der Waals surface area contributed by atoms with Crippen molar-refractivity contribution < 1.29 is 9.59 Å². The van der Waals surface area contributed by atoms with Gasteiger partial charge >= 0.3 is 0 Å². The molecule has 0 saturated carbocycles. The fraction of sp³-hybridized carbons (Fsp3) is 0.350. The number of nitrogens with zero attached hydrogens (tertiary/aromatic N) is 2. The smallest absolute Gasteiger partial charge is 0.255 e. The van der Waals surface area contributed by atoms with Gasteiger partial charge in [0.2, 0.25) is 5.91 Å². The predicted octanol–water partition coefficient (Wildman–Crippen LogP) is 3.66. The van der Waals surface area contributed by atoms with Crippen LogP contribution < -0.4 is 10.6 Å². The van der Waals surface area contributed by atoms with Crippen LogP contribution in [0.4, 0.5) is 17.2 Å². The van der Waals surface area contributed by atoms with Gasteiger partial charge in [0.05, 0.1) is 5.56 Å². The Labute approximate surface area is 153 Å². The minimum atomic E-state index is -0.101. The Morgan fingerprint density at radius 1 is 1.04 bits per heavy atom. The van der Waals surface area contributed by atoms with Gasteiger partial charge in [-0.05, 0) is 55.2 Å². The second kappa shape index (κ2) is 7.99. The highest BCUT2D eigenvalue weighted by molar-refractivity contribution is 5.94. The Bertz CT molecular complexity index is 763. The Morgan fingerprint density at radius 2 is 1.69 bits per heavy atom. The maximum absolute atomic E-state index is 12.5. The lowest BCUT2D eigenvalue weighted by Gasteiger charge is -2.30. The topological polar surface area (TPSA) is 74.3 Å². The van der Waals surface area contributed by atoms with Gasteiger partial charge in [-0.15, -0.1) is 0 Å². The highest BCUT2D eigenvalue weighted by Crippen LogP contribution is 2.20. The summed E-state index contributed by atoms with van der Waals surface area (Å²) < 4.78 is 0. The molecule has 0 radical (unpaired) electrons. The molecule has 2 aromatic rings. The standard InChI is InChI=1S/C20H24N4O2/c1-14-9-11-24(12-10-14)20(26)16-3-8-19(21-13-16)23-18-6-4-17(5-7-18)22-15(2)25/h3-8,13-14H,9-12H2,1-2H3,(H,21,23)(H,22,25). The fourth-order valence-electron chi connectivity index (χ4n) is 2.98. The predicted molar refractivity (Wildman–Crippen MR) is 103 cm³/mol. The molecule has 0 unspecified atom stereocenters. The number of amides is 2. The minimum absolute atomic E-state index is 0.0515. The molecule has 1 aromatic carbocycles. The average molecular weight is 352 g/mol. The van der Waals surface area contributed by atoms with E-state index in [1.807, 2.05) is 35.2 Å². The van der Waals surface area contributed by atoms with E-state index in [4.69, 9.17) is 0 Å². The first-order valence-corrected chi connectivity index (χ1v) is 8.91. The van der Waals surface area contributed by atoms with Crippen LogP contribution in [0.25, 0.3) is 0 Å². The highest BCUT2D eigenvalue weighted by Gasteiger charge is 2.21. The van der Waals surface area contributed by atoms with Crippen LogP contribution in [0.1, 0.15) is 37.0 Å². The van der Waals surface area contributed by atoms with Crippen molar-refractivity contribution in [2.75, 3.05) is 23.7 Å². The van der Waals surface area contributed by atoms with Crippen LogP contribution in [0.2, 0.25) is 0 Å². The number of aromatic nitrogens is 1. The molecule has 6 heteroatoms. The van der Waals surface area contributed by atoms with E-state index in [0.717, 1.165) is 37.3 Å². The third kappa shape index (κ3) is 4.59. The first-order chi connectivity index (χ1) is 12.5. The second-order valence-corrected chi connectivity index (χ2v) is 6.79. The average Bonchev–Trinajstić information content (AvgIpc) is 2.64. The number of carbonyl (C=O) groups excluding carboxylic acids is 2. The number of hydrogen-bond acceptors (Lipinski definition) is 4. The zero-order chi connectivity index (χ0) is 18.5. The first kappa shape index (κ1) is 17.9. The molecule has 0 spiro atoms. The number of pyridine rings is 1. The molecule has 1 fully saturated rings. The highest BCUT2D eigenvalue weighted by atomic mass is 16.2. The minimum Gasteiger partial charge on any atom is -0.340 e. The van der Waals surface area contributed by atoms with E-state index in [-0.39, 0.29) is 11.8 Å². The van der Waals surface area contributed by atoms with Crippen molar-refractivity contribution in [3.05, 3.63) is 48.2 Å². The van der Waals surface area contributed by atoms with Crippen molar-refractivity contribution in [2.45, 2.75) is 26.7 Å². The Kier molecular flexibility index (Phi) is 5.51. The molecule has 2 amide bonds. The Hall–Kier alpha value is -2.89. The number of carbonyl (C=O) groups is 2. The monoisotopic (exact) mass is 352 g/mol. The van der Waals surface area contributed by atoms with Gasteiger partial charge < -0.3 is 15.5 Å². The lowest BCUT2D eigenvalue weighted by atomic mass is 9.99. The van der Waals surface area contributed by atoms with Crippen molar-refractivity contribution in [3.63, 3.8) is 0 Å².